The van der Waals surface area contributed by atoms with Gasteiger partial charge in [-0.1, -0.05) is 48.0 Å². The monoisotopic (exact) mass is 618 g/mol. The summed E-state index contributed by atoms with van der Waals surface area (Å²) in [6.07, 6.45) is 0.132. The van der Waals surface area contributed by atoms with Crippen molar-refractivity contribution in [2.75, 3.05) is 32.9 Å². The van der Waals surface area contributed by atoms with Gasteiger partial charge in [0.25, 0.3) is 0 Å². The molecule has 41 heavy (non-hydrogen) atoms. The van der Waals surface area contributed by atoms with Gasteiger partial charge in [-0.25, -0.2) is 18.7 Å². The molecule has 1 fully saturated rings. The van der Waals surface area contributed by atoms with Gasteiger partial charge in [0.1, 0.15) is 30.2 Å². The fourth-order valence-electron chi connectivity index (χ4n) is 3.42. The minimum absolute atomic E-state index is 0.0260. The Balaban J connectivity index is 0.000000653. The maximum atomic E-state index is 12.1. The van der Waals surface area contributed by atoms with E-state index in [-0.39, 0.29) is 30.4 Å². The van der Waals surface area contributed by atoms with Gasteiger partial charge in [0.15, 0.2) is 0 Å². The quantitative estimate of drug-likeness (QED) is 0.222. The normalized spacial score (nSPS) is 18.7. The molecule has 15 heteroatoms. The molecule has 4 rings (SSSR count). The Labute approximate surface area is 242 Å². The fourth-order valence-corrected chi connectivity index (χ4v) is 4.62. The number of fused-ring (bicyclic) bond motifs is 1. The third kappa shape index (κ3) is 10.9. The second-order valence-electron chi connectivity index (χ2n) is 8.63. The van der Waals surface area contributed by atoms with E-state index < -0.39 is 39.6 Å². The van der Waals surface area contributed by atoms with Crippen molar-refractivity contribution in [3.8, 4) is 5.75 Å². The number of halogens is 3. The molecule has 1 aliphatic rings. The summed E-state index contributed by atoms with van der Waals surface area (Å²) in [5.74, 6) is 0.520. The predicted molar refractivity (Wildman–Crippen MR) is 153 cm³/mol. The van der Waals surface area contributed by atoms with Crippen LogP contribution in [0.4, 0.5) is 14.6 Å². The number of aromatic nitrogens is 2. The number of nitrogens with one attached hydrogen (secondary N) is 1. The van der Waals surface area contributed by atoms with E-state index in [1.54, 1.807) is 7.11 Å². The van der Waals surface area contributed by atoms with Crippen LogP contribution in [0.1, 0.15) is 26.5 Å². The van der Waals surface area contributed by atoms with Crippen LogP contribution in [0.25, 0.3) is 10.8 Å². The number of aliphatic hydroxyl groups is 1. The van der Waals surface area contributed by atoms with Crippen molar-refractivity contribution in [1.82, 2.24) is 14.6 Å². The molecule has 4 unspecified atom stereocenters. The highest BCUT2D eigenvalue weighted by molar-refractivity contribution is 7.45. The second kappa shape index (κ2) is 17.9. The standard InChI is InChI=1S/C21H22ClN4O6P.C4H10O.CH2F2/c22-15-11-26(21(29)25-20(15)23)19-10-16(28)18(31-19)12-30-33(24-8-9-27)32-17-7-3-5-13-4-1-2-6-14(13)17;1-4(2)5-3;2-1-3/h1-7,9,11,16,18-19,24,28H,8,10,12H2,(H2,23,25,29);4H,1-3H3;1H2. The molecule has 0 spiro atoms. The molecule has 0 amide bonds. The zero-order chi connectivity index (χ0) is 30.4. The van der Waals surface area contributed by atoms with Crippen LogP contribution in [0.5, 0.6) is 5.75 Å². The number of alkyl halides is 2. The highest BCUT2D eigenvalue weighted by Crippen LogP contribution is 2.40. The number of nitrogens with two attached hydrogens (primary N) is 1. The van der Waals surface area contributed by atoms with Crippen LogP contribution in [-0.2, 0) is 18.8 Å². The van der Waals surface area contributed by atoms with Gasteiger partial charge >= 0.3 is 14.2 Å². The van der Waals surface area contributed by atoms with Crippen molar-refractivity contribution in [1.29, 1.82) is 0 Å². The number of aldehydes is 1. The number of anilines is 1. The molecule has 2 heterocycles. The Hall–Kier alpha value is -2.77. The number of benzene rings is 2. The van der Waals surface area contributed by atoms with E-state index in [9.17, 15) is 23.5 Å². The molecular weight excluding hydrogens is 585 g/mol. The zero-order valence-electron chi connectivity index (χ0n) is 22.8. The maximum Gasteiger partial charge on any atom is 0.351 e. The van der Waals surface area contributed by atoms with Crippen LogP contribution in [0.3, 0.4) is 0 Å². The largest absolute Gasteiger partial charge is 0.435 e. The number of methoxy groups -OCH3 is 1. The molecule has 2 aromatic carbocycles. The van der Waals surface area contributed by atoms with Gasteiger partial charge in [-0.2, -0.15) is 4.98 Å². The molecule has 3 aromatic rings. The molecule has 0 bridgehead atoms. The number of hydrogen-bond donors (Lipinski definition) is 3. The van der Waals surface area contributed by atoms with Crippen LogP contribution in [0.2, 0.25) is 5.02 Å². The summed E-state index contributed by atoms with van der Waals surface area (Å²) in [5, 5.41) is 15.4. The number of carbonyl (C=O) groups excluding carboxylic acids is 1. The molecule has 1 saturated heterocycles. The average molecular weight is 619 g/mol. The van der Waals surface area contributed by atoms with E-state index in [0.717, 1.165) is 10.8 Å². The summed E-state index contributed by atoms with van der Waals surface area (Å²) in [5.41, 5.74) is 4.92. The molecular formula is C26H34ClF2N4O7P. The molecule has 0 saturated carbocycles. The number of hydrogen-bond acceptors (Lipinski definition) is 10. The lowest BCUT2D eigenvalue weighted by atomic mass is 10.1. The molecule has 1 aromatic heterocycles. The Morgan fingerprint density at radius 3 is 2.61 bits per heavy atom. The second-order valence-corrected chi connectivity index (χ2v) is 10.3. The van der Waals surface area contributed by atoms with Crippen LogP contribution >= 0.6 is 20.1 Å². The average Bonchev–Trinajstić information content (AvgIpc) is 3.32. The van der Waals surface area contributed by atoms with E-state index in [1.807, 2.05) is 56.3 Å². The van der Waals surface area contributed by atoms with E-state index >= 15 is 0 Å². The van der Waals surface area contributed by atoms with Gasteiger partial charge in [-0.3, -0.25) is 4.57 Å². The molecule has 11 nitrogen and oxygen atoms in total. The van der Waals surface area contributed by atoms with E-state index in [1.165, 1.54) is 10.8 Å². The van der Waals surface area contributed by atoms with E-state index in [4.69, 9.17) is 35.9 Å². The minimum atomic E-state index is -1.75. The number of nitrogens with zero attached hydrogens (tertiary/aromatic N) is 2. The van der Waals surface area contributed by atoms with Crippen LogP contribution in [0.15, 0.2) is 53.5 Å². The summed E-state index contributed by atoms with van der Waals surface area (Å²) in [6.45, 7) is 2.24. The van der Waals surface area contributed by atoms with E-state index in [2.05, 4.69) is 10.1 Å². The van der Waals surface area contributed by atoms with Crippen molar-refractivity contribution >= 4 is 43.0 Å². The Bertz CT molecular complexity index is 1280. The van der Waals surface area contributed by atoms with Crippen molar-refractivity contribution in [2.24, 2.45) is 0 Å². The molecule has 226 valence electrons. The minimum Gasteiger partial charge on any atom is -0.435 e. The summed E-state index contributed by atoms with van der Waals surface area (Å²) in [6, 6.07) is 13.4. The van der Waals surface area contributed by atoms with Crippen molar-refractivity contribution in [2.45, 2.75) is 44.8 Å². The Morgan fingerprint density at radius 1 is 1.29 bits per heavy atom. The van der Waals surface area contributed by atoms with E-state index in [0.29, 0.717) is 18.1 Å². The van der Waals surface area contributed by atoms with Gasteiger partial charge in [0, 0.05) is 25.1 Å². The third-order valence-electron chi connectivity index (χ3n) is 5.51. The first-order valence-corrected chi connectivity index (χ1v) is 14.0. The number of aliphatic hydroxyl groups excluding tert-OH is 1. The number of carbonyl (C=O) groups is 1. The van der Waals surface area contributed by atoms with Crippen LogP contribution in [0, 0.1) is 0 Å². The first-order chi connectivity index (χ1) is 19.6. The van der Waals surface area contributed by atoms with Crippen molar-refractivity contribution < 1.29 is 37.2 Å². The molecule has 4 atom stereocenters. The van der Waals surface area contributed by atoms with Gasteiger partial charge in [0.2, 0.25) is 6.93 Å². The van der Waals surface area contributed by atoms with Gasteiger partial charge in [-0.15, -0.1) is 0 Å². The molecule has 0 aliphatic carbocycles. The molecule has 4 N–H and O–H groups in total. The first-order valence-electron chi connectivity index (χ1n) is 12.4. The molecule has 1 aliphatic heterocycles. The zero-order valence-corrected chi connectivity index (χ0v) is 24.4. The highest BCUT2D eigenvalue weighted by Gasteiger charge is 2.36. The topological polar surface area (TPSA) is 147 Å². The first kappa shape index (κ1) is 34.4. The summed E-state index contributed by atoms with van der Waals surface area (Å²) in [4.78, 5) is 26.7. The fraction of sp³-hybridized carbons (Fsp3) is 0.423. The van der Waals surface area contributed by atoms with Crippen molar-refractivity contribution in [3.05, 3.63) is 64.2 Å². The summed E-state index contributed by atoms with van der Waals surface area (Å²) >= 11 is 5.97. The number of rotatable bonds is 10. The van der Waals surface area contributed by atoms with Gasteiger partial charge < -0.3 is 34.2 Å². The number of nitrogen functional groups attached to an aromatic ring is 1. The smallest absolute Gasteiger partial charge is 0.351 e. The van der Waals surface area contributed by atoms with Gasteiger partial charge in [-0.05, 0) is 25.3 Å². The number of ether oxygens (including phenoxy) is 2. The maximum absolute atomic E-state index is 12.1. The summed E-state index contributed by atoms with van der Waals surface area (Å²) in [7, 11) is -0.0273. The van der Waals surface area contributed by atoms with Crippen LogP contribution in [-0.4, -0.2) is 66.4 Å². The lowest BCUT2D eigenvalue weighted by molar-refractivity contribution is -0.107. The van der Waals surface area contributed by atoms with Crippen LogP contribution < -0.4 is 21.0 Å². The van der Waals surface area contributed by atoms with Crippen molar-refractivity contribution in [3.63, 3.8) is 0 Å². The lowest BCUT2D eigenvalue weighted by Gasteiger charge is -2.21. The Kier molecular flexibility index (Phi) is 15.0. The SMILES string of the molecule is COC(C)C.FCF.Nc1nc(=O)n(C2CC(O)C(COP(NCC=O)Oc3cccc4ccccc34)O2)cc1Cl. The molecule has 0 radical (unpaired) electrons. The predicted octanol–water partition coefficient (Wildman–Crippen LogP) is 4.32. The summed E-state index contributed by atoms with van der Waals surface area (Å²) < 4.78 is 42.9. The lowest BCUT2D eigenvalue weighted by Crippen LogP contribution is -2.29. The Morgan fingerprint density at radius 2 is 1.95 bits per heavy atom. The highest BCUT2D eigenvalue weighted by atomic mass is 35.5. The third-order valence-corrected chi connectivity index (χ3v) is 6.99. The van der Waals surface area contributed by atoms with Gasteiger partial charge in [0.05, 0.1) is 30.4 Å².